The number of rotatable bonds is 5. The number of carboxylic acids is 1. The molecule has 0 fully saturated rings. The Morgan fingerprint density at radius 2 is 1.91 bits per heavy atom. The number of hydrogen-bond acceptors (Lipinski definition) is 2. The van der Waals surface area contributed by atoms with Crippen molar-refractivity contribution in [3.63, 3.8) is 0 Å². The van der Waals surface area contributed by atoms with Crippen LogP contribution < -0.4 is 4.74 Å². The quantitative estimate of drug-likeness (QED) is 0.830. The standard InChI is InChI=1S/C20H20O3/c1-2-17(20(21)22)19-10-8-15-12-16(9-11-18(15)19)23-13-14-6-4-3-5-7-14/h3-7,9,11-12H,2,8,10,13H2,1H3,(H,21,22)/b19-17+. The third kappa shape index (κ3) is 3.29. The van der Waals surface area contributed by atoms with Crippen LogP contribution in [-0.4, -0.2) is 11.1 Å². The molecule has 0 saturated heterocycles. The number of allylic oxidation sites excluding steroid dienone is 1. The van der Waals surface area contributed by atoms with E-state index in [1.165, 1.54) is 5.56 Å². The van der Waals surface area contributed by atoms with Crippen LogP contribution in [0.2, 0.25) is 0 Å². The first-order chi connectivity index (χ1) is 11.2. The van der Waals surface area contributed by atoms with Gasteiger partial charge < -0.3 is 9.84 Å². The fourth-order valence-corrected chi connectivity index (χ4v) is 3.10. The van der Waals surface area contributed by atoms with Gasteiger partial charge in [-0.05, 0) is 53.7 Å². The first-order valence-corrected chi connectivity index (χ1v) is 7.94. The molecule has 2 aromatic carbocycles. The molecule has 0 unspecified atom stereocenters. The van der Waals surface area contributed by atoms with E-state index in [1.807, 2.05) is 55.5 Å². The molecule has 0 saturated carbocycles. The number of ether oxygens (including phenoxy) is 1. The van der Waals surface area contributed by atoms with Crippen LogP contribution in [0.3, 0.4) is 0 Å². The van der Waals surface area contributed by atoms with E-state index >= 15 is 0 Å². The molecule has 3 heteroatoms. The lowest BCUT2D eigenvalue weighted by Gasteiger charge is -2.10. The predicted molar refractivity (Wildman–Crippen MR) is 90.4 cm³/mol. The van der Waals surface area contributed by atoms with Crippen molar-refractivity contribution < 1.29 is 14.6 Å². The van der Waals surface area contributed by atoms with E-state index in [9.17, 15) is 9.90 Å². The maximum Gasteiger partial charge on any atom is 0.331 e. The van der Waals surface area contributed by atoms with Crippen LogP contribution in [-0.2, 0) is 17.8 Å². The number of carbonyl (C=O) groups is 1. The molecule has 0 amide bonds. The first kappa shape index (κ1) is 15.3. The summed E-state index contributed by atoms with van der Waals surface area (Å²) in [5.74, 6) is 0.0296. The fraction of sp³-hybridized carbons (Fsp3) is 0.250. The number of aliphatic carboxylic acids is 1. The fourth-order valence-electron chi connectivity index (χ4n) is 3.10. The molecule has 0 aliphatic heterocycles. The van der Waals surface area contributed by atoms with Gasteiger partial charge >= 0.3 is 5.97 Å². The second-order valence-corrected chi connectivity index (χ2v) is 5.71. The molecule has 0 atom stereocenters. The van der Waals surface area contributed by atoms with Crippen LogP contribution in [0.1, 0.15) is 36.5 Å². The molecule has 0 bridgehead atoms. The number of fused-ring (bicyclic) bond motifs is 1. The highest BCUT2D eigenvalue weighted by atomic mass is 16.5. The maximum atomic E-state index is 11.4. The lowest BCUT2D eigenvalue weighted by Crippen LogP contribution is -2.02. The van der Waals surface area contributed by atoms with Crippen molar-refractivity contribution in [3.05, 3.63) is 70.8 Å². The van der Waals surface area contributed by atoms with Gasteiger partial charge in [0, 0.05) is 5.57 Å². The minimum atomic E-state index is -0.806. The molecule has 1 N–H and O–H groups in total. The zero-order valence-corrected chi connectivity index (χ0v) is 13.2. The van der Waals surface area contributed by atoms with Crippen LogP contribution in [0.5, 0.6) is 5.75 Å². The van der Waals surface area contributed by atoms with E-state index in [0.717, 1.165) is 35.3 Å². The molecular formula is C20H20O3. The third-order valence-electron chi connectivity index (χ3n) is 4.27. The SMILES string of the molecule is CC/C(C(=O)O)=C1/CCc2cc(OCc3ccccc3)ccc21. The van der Waals surface area contributed by atoms with Crippen molar-refractivity contribution in [2.75, 3.05) is 0 Å². The summed E-state index contributed by atoms with van der Waals surface area (Å²) < 4.78 is 5.85. The highest BCUT2D eigenvalue weighted by Crippen LogP contribution is 2.37. The molecule has 0 spiro atoms. The molecule has 3 rings (SSSR count). The van der Waals surface area contributed by atoms with Crippen LogP contribution in [0.4, 0.5) is 0 Å². The van der Waals surface area contributed by atoms with Gasteiger partial charge in [-0.3, -0.25) is 0 Å². The van der Waals surface area contributed by atoms with E-state index in [1.54, 1.807) is 0 Å². The average molecular weight is 308 g/mol. The normalized spacial score (nSPS) is 15.2. The number of carboxylic acid groups (broad SMARTS) is 1. The van der Waals surface area contributed by atoms with Gasteiger partial charge in [0.05, 0.1) is 0 Å². The molecule has 3 nitrogen and oxygen atoms in total. The number of hydrogen-bond donors (Lipinski definition) is 1. The van der Waals surface area contributed by atoms with E-state index in [-0.39, 0.29) is 0 Å². The van der Waals surface area contributed by atoms with Gasteiger partial charge in [-0.2, -0.15) is 0 Å². The molecule has 0 radical (unpaired) electrons. The zero-order valence-electron chi connectivity index (χ0n) is 13.2. The summed E-state index contributed by atoms with van der Waals surface area (Å²) in [6.07, 6.45) is 2.23. The summed E-state index contributed by atoms with van der Waals surface area (Å²) in [6, 6.07) is 16.0. The van der Waals surface area contributed by atoms with Crippen molar-refractivity contribution >= 4 is 11.5 Å². The Morgan fingerprint density at radius 1 is 1.13 bits per heavy atom. The highest BCUT2D eigenvalue weighted by Gasteiger charge is 2.22. The van der Waals surface area contributed by atoms with Gasteiger partial charge in [-0.1, -0.05) is 43.3 Å². The van der Waals surface area contributed by atoms with Gasteiger partial charge in [0.25, 0.3) is 0 Å². The zero-order chi connectivity index (χ0) is 16.2. The Labute approximate surface area is 136 Å². The lowest BCUT2D eigenvalue weighted by atomic mass is 10.00. The van der Waals surface area contributed by atoms with Crippen LogP contribution in [0.25, 0.3) is 5.57 Å². The molecule has 23 heavy (non-hydrogen) atoms. The van der Waals surface area contributed by atoms with Crippen molar-refractivity contribution in [2.45, 2.75) is 32.8 Å². The second-order valence-electron chi connectivity index (χ2n) is 5.71. The number of aryl methyl sites for hydroxylation is 1. The molecule has 0 heterocycles. The third-order valence-corrected chi connectivity index (χ3v) is 4.27. The molecule has 118 valence electrons. The lowest BCUT2D eigenvalue weighted by molar-refractivity contribution is -0.132. The molecule has 2 aromatic rings. The van der Waals surface area contributed by atoms with Crippen LogP contribution in [0, 0.1) is 0 Å². The van der Waals surface area contributed by atoms with Crippen molar-refractivity contribution in [1.29, 1.82) is 0 Å². The van der Waals surface area contributed by atoms with E-state index in [0.29, 0.717) is 18.6 Å². The molecule has 1 aliphatic carbocycles. The van der Waals surface area contributed by atoms with E-state index < -0.39 is 5.97 Å². The van der Waals surface area contributed by atoms with Gasteiger partial charge in [-0.25, -0.2) is 4.79 Å². The van der Waals surface area contributed by atoms with Gasteiger partial charge in [0.1, 0.15) is 12.4 Å². The summed E-state index contributed by atoms with van der Waals surface area (Å²) >= 11 is 0. The van der Waals surface area contributed by atoms with Crippen LogP contribution >= 0.6 is 0 Å². The summed E-state index contributed by atoms with van der Waals surface area (Å²) in [4.78, 5) is 11.4. The number of benzene rings is 2. The Hall–Kier alpha value is -2.55. The van der Waals surface area contributed by atoms with E-state index in [2.05, 4.69) is 0 Å². The molecular weight excluding hydrogens is 288 g/mol. The first-order valence-electron chi connectivity index (χ1n) is 7.94. The van der Waals surface area contributed by atoms with Crippen LogP contribution in [0.15, 0.2) is 54.1 Å². The Morgan fingerprint density at radius 3 is 2.61 bits per heavy atom. The molecule has 0 aromatic heterocycles. The van der Waals surface area contributed by atoms with Crippen molar-refractivity contribution in [2.24, 2.45) is 0 Å². The Balaban J connectivity index is 1.80. The Bertz CT molecular complexity index is 745. The monoisotopic (exact) mass is 308 g/mol. The van der Waals surface area contributed by atoms with Gasteiger partial charge in [0.15, 0.2) is 0 Å². The predicted octanol–water partition coefficient (Wildman–Crippen LogP) is 4.46. The average Bonchev–Trinajstić information content (AvgIpc) is 2.97. The smallest absolute Gasteiger partial charge is 0.331 e. The minimum absolute atomic E-state index is 0.529. The summed E-state index contributed by atoms with van der Waals surface area (Å²) in [6.45, 7) is 2.43. The largest absolute Gasteiger partial charge is 0.489 e. The van der Waals surface area contributed by atoms with Crippen molar-refractivity contribution in [1.82, 2.24) is 0 Å². The topological polar surface area (TPSA) is 46.5 Å². The summed E-state index contributed by atoms with van der Waals surface area (Å²) in [5, 5.41) is 9.34. The Kier molecular flexibility index (Phi) is 4.47. The molecule has 1 aliphatic rings. The minimum Gasteiger partial charge on any atom is -0.489 e. The summed E-state index contributed by atoms with van der Waals surface area (Å²) in [7, 11) is 0. The maximum absolute atomic E-state index is 11.4. The van der Waals surface area contributed by atoms with Crippen molar-refractivity contribution in [3.8, 4) is 5.75 Å². The second kappa shape index (κ2) is 6.69. The summed E-state index contributed by atoms with van der Waals surface area (Å²) in [5.41, 5.74) is 4.88. The van der Waals surface area contributed by atoms with E-state index in [4.69, 9.17) is 4.74 Å². The van der Waals surface area contributed by atoms with Gasteiger partial charge in [-0.15, -0.1) is 0 Å². The van der Waals surface area contributed by atoms with Gasteiger partial charge in [0.2, 0.25) is 0 Å². The highest BCUT2D eigenvalue weighted by molar-refractivity contribution is 5.97.